The lowest BCUT2D eigenvalue weighted by Gasteiger charge is -2.38. The van der Waals surface area contributed by atoms with E-state index < -0.39 is 0 Å². The Morgan fingerprint density at radius 3 is 3.00 bits per heavy atom. The number of ether oxygens (including phenoxy) is 1. The van der Waals surface area contributed by atoms with E-state index in [0.29, 0.717) is 24.5 Å². The molecule has 0 saturated carbocycles. The summed E-state index contributed by atoms with van der Waals surface area (Å²) in [6.45, 7) is 1.15. The predicted octanol–water partition coefficient (Wildman–Crippen LogP) is 3.23. The number of rotatable bonds is 3. The van der Waals surface area contributed by atoms with Crippen molar-refractivity contribution in [3.63, 3.8) is 0 Å². The van der Waals surface area contributed by atoms with Gasteiger partial charge < -0.3 is 14.6 Å². The second kappa shape index (κ2) is 5.70. The molecular formula is C17H14BrN3O2. The van der Waals surface area contributed by atoms with Crippen LogP contribution in [0.4, 0.5) is 0 Å². The third-order valence-electron chi connectivity index (χ3n) is 3.94. The van der Waals surface area contributed by atoms with E-state index in [-0.39, 0.29) is 12.0 Å². The van der Waals surface area contributed by atoms with Gasteiger partial charge in [0.25, 0.3) is 5.91 Å². The van der Waals surface area contributed by atoms with Crippen molar-refractivity contribution >= 4 is 32.7 Å². The van der Waals surface area contributed by atoms with Crippen LogP contribution < -0.4 is 4.74 Å². The fourth-order valence-corrected chi connectivity index (χ4v) is 3.01. The van der Waals surface area contributed by atoms with E-state index in [0.717, 1.165) is 15.4 Å². The van der Waals surface area contributed by atoms with Crippen LogP contribution in [0.3, 0.4) is 0 Å². The van der Waals surface area contributed by atoms with Crippen molar-refractivity contribution < 1.29 is 9.53 Å². The van der Waals surface area contributed by atoms with Crippen molar-refractivity contribution in [3.05, 3.63) is 58.8 Å². The van der Waals surface area contributed by atoms with Gasteiger partial charge >= 0.3 is 0 Å². The largest absolute Gasteiger partial charge is 0.470 e. The Labute approximate surface area is 141 Å². The van der Waals surface area contributed by atoms with E-state index in [1.54, 1.807) is 11.1 Å². The number of hydrogen-bond acceptors (Lipinski definition) is 3. The summed E-state index contributed by atoms with van der Waals surface area (Å²) in [6, 6.07) is 11.4. The number of aromatic nitrogens is 2. The van der Waals surface area contributed by atoms with Crippen molar-refractivity contribution in [2.24, 2.45) is 0 Å². The average Bonchev–Trinajstić information content (AvgIpc) is 2.99. The first kappa shape index (κ1) is 14.3. The average molecular weight is 372 g/mol. The topological polar surface area (TPSA) is 58.2 Å². The number of nitrogens with one attached hydrogen (secondary N) is 1. The lowest BCUT2D eigenvalue weighted by molar-refractivity contribution is 0.0157. The lowest BCUT2D eigenvalue weighted by atomic mass is 10.1. The number of hydrogen-bond donors (Lipinski definition) is 1. The van der Waals surface area contributed by atoms with E-state index in [9.17, 15) is 4.79 Å². The summed E-state index contributed by atoms with van der Waals surface area (Å²) in [5.74, 6) is 0.596. The number of aromatic amines is 1. The minimum absolute atomic E-state index is 0.0145. The van der Waals surface area contributed by atoms with Gasteiger partial charge in [0, 0.05) is 23.5 Å². The number of fused-ring (bicyclic) bond motifs is 1. The molecule has 0 spiro atoms. The molecule has 1 fully saturated rings. The Kier molecular flexibility index (Phi) is 3.53. The molecule has 2 aromatic heterocycles. The zero-order chi connectivity index (χ0) is 15.8. The van der Waals surface area contributed by atoms with Crippen LogP contribution in [0.15, 0.2) is 53.3 Å². The number of likely N-dealkylation sites (tertiary alicyclic amines) is 1. The van der Waals surface area contributed by atoms with Crippen molar-refractivity contribution in [1.29, 1.82) is 0 Å². The minimum Gasteiger partial charge on any atom is -0.470 e. The fraction of sp³-hybridized carbons (Fsp3) is 0.176. The molecule has 6 heteroatoms. The van der Waals surface area contributed by atoms with Gasteiger partial charge in [0.2, 0.25) is 5.88 Å². The zero-order valence-electron chi connectivity index (χ0n) is 12.2. The van der Waals surface area contributed by atoms with Gasteiger partial charge in [-0.2, -0.15) is 0 Å². The number of nitrogens with zero attached hydrogens (tertiary/aromatic N) is 2. The Hall–Kier alpha value is -2.34. The van der Waals surface area contributed by atoms with Gasteiger partial charge in [0.05, 0.1) is 17.6 Å². The van der Waals surface area contributed by atoms with Crippen LogP contribution in [0.2, 0.25) is 0 Å². The van der Waals surface area contributed by atoms with E-state index in [4.69, 9.17) is 4.74 Å². The molecule has 23 heavy (non-hydrogen) atoms. The minimum atomic E-state index is -0.0145. The summed E-state index contributed by atoms with van der Waals surface area (Å²) in [7, 11) is 0. The highest BCUT2D eigenvalue weighted by Crippen LogP contribution is 2.25. The van der Waals surface area contributed by atoms with Crippen LogP contribution in [0.5, 0.6) is 5.88 Å². The van der Waals surface area contributed by atoms with Gasteiger partial charge in [-0.1, -0.05) is 6.07 Å². The first-order valence-electron chi connectivity index (χ1n) is 7.34. The van der Waals surface area contributed by atoms with E-state index in [1.807, 2.05) is 42.6 Å². The van der Waals surface area contributed by atoms with Crippen LogP contribution >= 0.6 is 15.9 Å². The van der Waals surface area contributed by atoms with Gasteiger partial charge in [-0.05, 0) is 51.6 Å². The second-order valence-corrected chi connectivity index (χ2v) is 6.37. The molecule has 1 saturated heterocycles. The molecule has 1 N–H and O–H groups in total. The van der Waals surface area contributed by atoms with Crippen LogP contribution in [-0.2, 0) is 0 Å². The maximum atomic E-state index is 12.5. The maximum Gasteiger partial charge on any atom is 0.254 e. The molecule has 0 unspecified atom stereocenters. The summed E-state index contributed by atoms with van der Waals surface area (Å²) in [6.07, 6.45) is 3.55. The van der Waals surface area contributed by atoms with Gasteiger partial charge in [-0.15, -0.1) is 0 Å². The number of H-pyrrole nitrogens is 1. The molecule has 116 valence electrons. The van der Waals surface area contributed by atoms with Crippen LogP contribution in [0, 0.1) is 0 Å². The van der Waals surface area contributed by atoms with Crippen molar-refractivity contribution in [1.82, 2.24) is 14.9 Å². The SMILES string of the molecule is O=C(c1ccc2cc[nH]c2c1)N1CC(Oc2ncccc2Br)C1. The third-order valence-corrected chi connectivity index (χ3v) is 4.54. The highest BCUT2D eigenvalue weighted by atomic mass is 79.9. The molecule has 5 nitrogen and oxygen atoms in total. The quantitative estimate of drug-likeness (QED) is 0.768. The number of benzene rings is 1. The molecule has 0 aliphatic carbocycles. The van der Waals surface area contributed by atoms with E-state index in [1.165, 1.54) is 0 Å². The molecule has 1 aliphatic rings. The number of pyridine rings is 1. The Morgan fingerprint density at radius 2 is 2.17 bits per heavy atom. The summed E-state index contributed by atoms with van der Waals surface area (Å²) < 4.78 is 6.62. The maximum absolute atomic E-state index is 12.5. The number of amides is 1. The van der Waals surface area contributed by atoms with Gasteiger partial charge in [-0.25, -0.2) is 4.98 Å². The van der Waals surface area contributed by atoms with Gasteiger partial charge in [0.15, 0.2) is 0 Å². The molecule has 1 aliphatic heterocycles. The highest BCUT2D eigenvalue weighted by Gasteiger charge is 2.33. The van der Waals surface area contributed by atoms with Gasteiger partial charge in [-0.3, -0.25) is 4.79 Å². The molecule has 0 bridgehead atoms. The van der Waals surface area contributed by atoms with E-state index in [2.05, 4.69) is 25.9 Å². The molecule has 3 heterocycles. The summed E-state index contributed by atoms with van der Waals surface area (Å²) in [4.78, 5) is 21.6. The first-order valence-corrected chi connectivity index (χ1v) is 8.13. The molecular weight excluding hydrogens is 358 g/mol. The Balaban J connectivity index is 1.41. The molecule has 4 rings (SSSR count). The first-order chi connectivity index (χ1) is 11.2. The van der Waals surface area contributed by atoms with Gasteiger partial charge in [0.1, 0.15) is 6.10 Å². The number of carbonyl (C=O) groups excluding carboxylic acids is 1. The fourth-order valence-electron chi connectivity index (χ4n) is 2.66. The third kappa shape index (κ3) is 2.70. The van der Waals surface area contributed by atoms with Crippen molar-refractivity contribution in [3.8, 4) is 5.88 Å². The number of halogens is 1. The smallest absolute Gasteiger partial charge is 0.254 e. The molecule has 1 aromatic carbocycles. The summed E-state index contributed by atoms with van der Waals surface area (Å²) >= 11 is 3.41. The zero-order valence-corrected chi connectivity index (χ0v) is 13.8. The standard InChI is InChI=1S/C17H14BrN3O2/c18-14-2-1-6-20-16(14)23-13-9-21(10-13)17(22)12-4-3-11-5-7-19-15(11)8-12/h1-8,13,19H,9-10H2. The van der Waals surface area contributed by atoms with Crippen molar-refractivity contribution in [2.45, 2.75) is 6.10 Å². The highest BCUT2D eigenvalue weighted by molar-refractivity contribution is 9.10. The summed E-state index contributed by atoms with van der Waals surface area (Å²) in [5, 5.41) is 1.10. The predicted molar refractivity (Wildman–Crippen MR) is 90.6 cm³/mol. The van der Waals surface area contributed by atoms with Crippen LogP contribution in [0.25, 0.3) is 10.9 Å². The molecule has 1 amide bonds. The molecule has 0 radical (unpaired) electrons. The molecule has 0 atom stereocenters. The van der Waals surface area contributed by atoms with E-state index >= 15 is 0 Å². The monoisotopic (exact) mass is 371 g/mol. The number of carbonyl (C=O) groups is 1. The van der Waals surface area contributed by atoms with Crippen molar-refractivity contribution in [2.75, 3.05) is 13.1 Å². The Morgan fingerprint density at radius 1 is 1.30 bits per heavy atom. The Bertz CT molecular complexity index is 871. The van der Waals surface area contributed by atoms with Crippen LogP contribution in [-0.4, -0.2) is 40.0 Å². The molecule has 3 aromatic rings. The lowest BCUT2D eigenvalue weighted by Crippen LogP contribution is -2.56. The van der Waals surface area contributed by atoms with Crippen LogP contribution in [0.1, 0.15) is 10.4 Å². The second-order valence-electron chi connectivity index (χ2n) is 5.52. The normalized spacial score (nSPS) is 14.7. The summed E-state index contributed by atoms with van der Waals surface area (Å²) in [5.41, 5.74) is 1.67.